The molecular formula is C25H40N4O2. The molecule has 6 nitrogen and oxygen atoms in total. The van der Waals surface area contributed by atoms with Gasteiger partial charge in [-0.15, -0.1) is 5.10 Å². The van der Waals surface area contributed by atoms with Crippen molar-refractivity contribution < 1.29 is 9.90 Å². The summed E-state index contributed by atoms with van der Waals surface area (Å²) in [5.74, 6) is 5.81. The molecule has 6 fully saturated rings. The van der Waals surface area contributed by atoms with Gasteiger partial charge in [0.25, 0.3) is 0 Å². The molecule has 0 aromatic carbocycles. The lowest BCUT2D eigenvalue weighted by atomic mass is 9.47. The van der Waals surface area contributed by atoms with Crippen LogP contribution in [-0.2, 0) is 4.79 Å². The number of rotatable bonds is 4. The first-order valence-electron chi connectivity index (χ1n) is 12.6. The molecule has 10 atom stereocenters. The fraction of sp³-hybridized carbons (Fsp3) is 0.920. The summed E-state index contributed by atoms with van der Waals surface area (Å²) in [6.45, 7) is 8.90. The molecule has 6 heteroatoms. The van der Waals surface area contributed by atoms with Crippen molar-refractivity contribution in [3.8, 4) is 0 Å². The molecule has 0 aromatic rings. The lowest BCUT2D eigenvalue weighted by molar-refractivity contribution is -0.148. The van der Waals surface area contributed by atoms with Crippen LogP contribution in [0.1, 0.15) is 79.1 Å². The topological polar surface area (TPSA) is 97.9 Å². The Morgan fingerprint density at radius 1 is 1.06 bits per heavy atom. The smallest absolute Gasteiger partial charge is 0.158 e. The molecule has 0 aromatic heterocycles. The fourth-order valence-corrected chi connectivity index (χ4v) is 9.93. The summed E-state index contributed by atoms with van der Waals surface area (Å²) in [6, 6.07) is 0. The lowest BCUT2D eigenvalue weighted by Gasteiger charge is -2.57. The fourth-order valence-electron chi connectivity index (χ4n) is 9.93. The summed E-state index contributed by atoms with van der Waals surface area (Å²) in [4.78, 5) is 13.6. The van der Waals surface area contributed by atoms with Gasteiger partial charge in [0.05, 0.1) is 12.1 Å². The van der Waals surface area contributed by atoms with Crippen LogP contribution in [0, 0.1) is 57.8 Å². The molecule has 0 aliphatic heterocycles. The highest BCUT2D eigenvalue weighted by Crippen LogP contribution is 2.80. The van der Waals surface area contributed by atoms with E-state index in [0.29, 0.717) is 41.8 Å². The second-order valence-electron chi connectivity index (χ2n) is 12.2. The monoisotopic (exact) mass is 428 g/mol. The van der Waals surface area contributed by atoms with Crippen LogP contribution < -0.4 is 5.32 Å². The molecule has 0 radical (unpaired) electrons. The standard InChI is InChI=1S/C25H40N4O2/c1-14-20-12-25(14,21(30)13-27-15(2)28-29-26)24(4)10-8-18-17-7-9-23(3,31)11-16(17)5-6-19(18)22(20)24/h14,16-20,22,31H,5-13H2,1-4H3,(H2,26,27,28)/t14-,16+,17-,18+,19+,20-,22+,23+,24-,25+/m0/s1. The van der Waals surface area contributed by atoms with Gasteiger partial charge in [-0.3, -0.25) is 4.79 Å². The summed E-state index contributed by atoms with van der Waals surface area (Å²) in [7, 11) is 0. The molecule has 6 rings (SSSR count). The Morgan fingerprint density at radius 3 is 2.52 bits per heavy atom. The third-order valence-electron chi connectivity index (χ3n) is 11.1. The number of nitrogens with one attached hydrogen (secondary N) is 2. The number of carbonyl (C=O) groups is 1. The van der Waals surface area contributed by atoms with Crippen LogP contribution in [0.2, 0.25) is 0 Å². The Kier molecular flexibility index (Phi) is 4.93. The SMILES string of the molecule is C/C(=N/N=N)NCC(=O)[C@]12C[C@H]([C@H]3[C@@H]4CC[C@@H]5C[C@](C)(O)CC[C@@H]5[C@H]4CC[C@@]31C)[C@@H]2C. The van der Waals surface area contributed by atoms with Gasteiger partial charge in [-0.05, 0) is 112 Å². The van der Waals surface area contributed by atoms with Gasteiger partial charge in [0.2, 0.25) is 0 Å². The molecule has 172 valence electrons. The minimum Gasteiger partial charge on any atom is -0.390 e. The van der Waals surface area contributed by atoms with Crippen LogP contribution in [0.5, 0.6) is 0 Å². The number of amidine groups is 1. The highest BCUT2D eigenvalue weighted by molar-refractivity contribution is 5.93. The van der Waals surface area contributed by atoms with E-state index in [1.165, 1.54) is 32.1 Å². The summed E-state index contributed by atoms with van der Waals surface area (Å²) < 4.78 is 0. The molecule has 2 bridgehead atoms. The quantitative estimate of drug-likeness (QED) is 0.260. The zero-order valence-electron chi connectivity index (χ0n) is 19.7. The minimum absolute atomic E-state index is 0.120. The maximum Gasteiger partial charge on any atom is 0.158 e. The summed E-state index contributed by atoms with van der Waals surface area (Å²) in [6.07, 6.45) is 9.22. The van der Waals surface area contributed by atoms with Crippen molar-refractivity contribution in [1.29, 1.82) is 5.53 Å². The highest BCUT2D eigenvalue weighted by Gasteiger charge is 2.78. The third kappa shape index (κ3) is 2.85. The highest BCUT2D eigenvalue weighted by atomic mass is 16.3. The van der Waals surface area contributed by atoms with Gasteiger partial charge in [-0.25, -0.2) is 0 Å². The lowest BCUT2D eigenvalue weighted by Crippen LogP contribution is -2.55. The van der Waals surface area contributed by atoms with E-state index in [1.54, 1.807) is 6.92 Å². The molecule has 0 unspecified atom stereocenters. The van der Waals surface area contributed by atoms with Gasteiger partial charge >= 0.3 is 0 Å². The normalized spacial score (nSPS) is 52.9. The molecule has 0 amide bonds. The minimum atomic E-state index is -0.460. The van der Waals surface area contributed by atoms with E-state index in [9.17, 15) is 9.90 Å². The Labute approximate surface area is 186 Å². The number of carbonyl (C=O) groups excluding carboxylic acids is 1. The van der Waals surface area contributed by atoms with Crippen LogP contribution in [0.4, 0.5) is 0 Å². The first-order chi connectivity index (χ1) is 14.6. The summed E-state index contributed by atoms with van der Waals surface area (Å²) in [5, 5.41) is 20.5. The Morgan fingerprint density at radius 2 is 1.81 bits per heavy atom. The van der Waals surface area contributed by atoms with E-state index < -0.39 is 5.60 Å². The van der Waals surface area contributed by atoms with Crippen LogP contribution in [0.15, 0.2) is 10.3 Å². The average Bonchev–Trinajstić information content (AvgIpc) is 3.11. The largest absolute Gasteiger partial charge is 0.390 e. The van der Waals surface area contributed by atoms with Crippen molar-refractivity contribution >= 4 is 11.6 Å². The zero-order chi connectivity index (χ0) is 22.2. The van der Waals surface area contributed by atoms with Crippen LogP contribution in [0.25, 0.3) is 0 Å². The molecule has 31 heavy (non-hydrogen) atoms. The van der Waals surface area contributed by atoms with E-state index in [0.717, 1.165) is 37.0 Å². The predicted molar refractivity (Wildman–Crippen MR) is 119 cm³/mol. The number of Topliss-reactive ketones (excluding diaryl/α,β-unsaturated/α-hetero) is 1. The van der Waals surface area contributed by atoms with Crippen LogP contribution in [0.3, 0.4) is 0 Å². The molecule has 0 heterocycles. The molecule has 6 saturated carbocycles. The zero-order valence-corrected chi connectivity index (χ0v) is 19.7. The first kappa shape index (κ1) is 21.5. The number of hydrogen-bond donors (Lipinski definition) is 3. The number of ketones is 1. The number of fused-ring (bicyclic) bond motifs is 3. The van der Waals surface area contributed by atoms with Crippen molar-refractivity contribution in [1.82, 2.24) is 5.32 Å². The van der Waals surface area contributed by atoms with E-state index >= 15 is 0 Å². The molecule has 3 N–H and O–H groups in total. The van der Waals surface area contributed by atoms with Gasteiger partial charge in [0.1, 0.15) is 5.84 Å². The maximum atomic E-state index is 13.6. The summed E-state index contributed by atoms with van der Waals surface area (Å²) >= 11 is 0. The molecule has 0 saturated heterocycles. The van der Waals surface area contributed by atoms with E-state index in [1.807, 2.05) is 6.92 Å². The predicted octanol–water partition coefficient (Wildman–Crippen LogP) is 4.78. The number of nitrogens with zero attached hydrogens (tertiary/aromatic N) is 2. The second kappa shape index (κ2) is 7.10. The van der Waals surface area contributed by atoms with Crippen molar-refractivity contribution in [3.05, 3.63) is 0 Å². The van der Waals surface area contributed by atoms with Gasteiger partial charge in [0.15, 0.2) is 5.78 Å². The van der Waals surface area contributed by atoms with Crippen molar-refractivity contribution in [2.45, 2.75) is 84.7 Å². The van der Waals surface area contributed by atoms with Crippen LogP contribution in [-0.4, -0.2) is 28.9 Å². The van der Waals surface area contributed by atoms with Crippen molar-refractivity contribution in [2.75, 3.05) is 6.54 Å². The van der Waals surface area contributed by atoms with Crippen molar-refractivity contribution in [3.63, 3.8) is 0 Å². The average molecular weight is 429 g/mol. The molecule has 6 aliphatic rings. The van der Waals surface area contributed by atoms with Gasteiger partial charge in [-0.2, -0.15) is 5.53 Å². The van der Waals surface area contributed by atoms with E-state index in [4.69, 9.17) is 5.53 Å². The van der Waals surface area contributed by atoms with Gasteiger partial charge in [-0.1, -0.05) is 19.1 Å². The molecular weight excluding hydrogens is 388 g/mol. The van der Waals surface area contributed by atoms with E-state index in [-0.39, 0.29) is 10.8 Å². The van der Waals surface area contributed by atoms with Gasteiger partial charge in [0, 0.05) is 5.41 Å². The molecule has 0 spiro atoms. The first-order valence-corrected chi connectivity index (χ1v) is 12.6. The number of hydrogen-bond acceptors (Lipinski definition) is 4. The Bertz CT molecular complexity index is 809. The van der Waals surface area contributed by atoms with Crippen LogP contribution >= 0.6 is 0 Å². The Hall–Kier alpha value is -1.30. The summed E-state index contributed by atoms with van der Waals surface area (Å²) in [5.41, 5.74) is 6.36. The third-order valence-corrected chi connectivity index (χ3v) is 11.1. The van der Waals surface area contributed by atoms with Gasteiger partial charge < -0.3 is 10.4 Å². The number of aliphatic hydroxyl groups is 1. The second-order valence-corrected chi connectivity index (χ2v) is 12.2. The maximum absolute atomic E-state index is 13.6. The van der Waals surface area contributed by atoms with Crippen molar-refractivity contribution in [2.24, 2.45) is 62.6 Å². The molecule has 6 aliphatic carbocycles. The Balaban J connectivity index is 1.37. The van der Waals surface area contributed by atoms with E-state index in [2.05, 4.69) is 29.5 Å².